The molecular formula is C16H19BrN2O2. The van der Waals surface area contributed by atoms with Crippen LogP contribution in [0.3, 0.4) is 0 Å². The van der Waals surface area contributed by atoms with Crippen molar-refractivity contribution in [3.8, 4) is 0 Å². The predicted molar refractivity (Wildman–Crippen MR) is 85.0 cm³/mol. The summed E-state index contributed by atoms with van der Waals surface area (Å²) >= 11 is 3.37. The maximum Gasteiger partial charge on any atom is 0.251 e. The summed E-state index contributed by atoms with van der Waals surface area (Å²) in [6.45, 7) is 4.07. The van der Waals surface area contributed by atoms with Gasteiger partial charge in [0.25, 0.3) is 5.91 Å². The second-order valence-corrected chi connectivity index (χ2v) is 6.90. The van der Waals surface area contributed by atoms with Gasteiger partial charge in [0, 0.05) is 4.47 Å². The van der Waals surface area contributed by atoms with Crippen LogP contribution >= 0.6 is 15.9 Å². The van der Waals surface area contributed by atoms with Crippen LogP contribution in [0.25, 0.3) is 0 Å². The molecule has 4 nitrogen and oxygen atoms in total. The fraction of sp³-hybridized carbons (Fsp3) is 0.500. The number of rotatable bonds is 2. The van der Waals surface area contributed by atoms with Crippen LogP contribution in [-0.4, -0.2) is 35.8 Å². The summed E-state index contributed by atoms with van der Waals surface area (Å²) in [5.74, 6) is 0.554. The smallest absolute Gasteiger partial charge is 0.251 e. The van der Waals surface area contributed by atoms with E-state index in [1.54, 1.807) is 12.1 Å². The molecule has 1 atom stereocenters. The van der Waals surface area contributed by atoms with E-state index in [-0.39, 0.29) is 17.9 Å². The van der Waals surface area contributed by atoms with E-state index in [9.17, 15) is 9.59 Å². The van der Waals surface area contributed by atoms with E-state index in [1.165, 1.54) is 4.90 Å². The van der Waals surface area contributed by atoms with Crippen LogP contribution in [0.4, 0.5) is 5.69 Å². The molecule has 0 saturated carbocycles. The van der Waals surface area contributed by atoms with Crippen molar-refractivity contribution in [2.75, 3.05) is 18.0 Å². The van der Waals surface area contributed by atoms with E-state index in [1.807, 2.05) is 12.1 Å². The lowest BCUT2D eigenvalue weighted by molar-refractivity contribution is -0.123. The van der Waals surface area contributed by atoms with Gasteiger partial charge in [-0.05, 0) is 56.1 Å². The Labute approximate surface area is 133 Å². The zero-order chi connectivity index (χ0) is 15.0. The first-order valence-electron chi connectivity index (χ1n) is 7.42. The molecule has 5 heteroatoms. The molecule has 0 aromatic heterocycles. The predicted octanol–water partition coefficient (Wildman–Crippen LogP) is 2.81. The molecule has 2 aliphatic heterocycles. The molecule has 2 fully saturated rings. The molecule has 3 rings (SSSR count). The van der Waals surface area contributed by atoms with Gasteiger partial charge in [0.15, 0.2) is 0 Å². The van der Waals surface area contributed by atoms with Gasteiger partial charge >= 0.3 is 0 Å². The number of carbonyl (C=O) groups is 2. The van der Waals surface area contributed by atoms with E-state index in [2.05, 4.69) is 27.8 Å². The van der Waals surface area contributed by atoms with Gasteiger partial charge < -0.3 is 0 Å². The minimum Gasteiger partial charge on any atom is -0.292 e. The second-order valence-electron chi connectivity index (χ2n) is 5.98. The van der Waals surface area contributed by atoms with Crippen molar-refractivity contribution in [3.63, 3.8) is 0 Å². The molecule has 21 heavy (non-hydrogen) atoms. The topological polar surface area (TPSA) is 40.6 Å². The first-order chi connectivity index (χ1) is 10.1. The molecule has 0 unspecified atom stereocenters. The summed E-state index contributed by atoms with van der Waals surface area (Å²) in [4.78, 5) is 28.4. The van der Waals surface area contributed by atoms with Crippen LogP contribution in [0.2, 0.25) is 0 Å². The summed E-state index contributed by atoms with van der Waals surface area (Å²) in [5.41, 5.74) is 0.668. The highest BCUT2D eigenvalue weighted by Crippen LogP contribution is 2.29. The molecular weight excluding hydrogens is 332 g/mol. The van der Waals surface area contributed by atoms with Crippen molar-refractivity contribution in [3.05, 3.63) is 28.7 Å². The Bertz CT molecular complexity index is 550. The van der Waals surface area contributed by atoms with Crippen LogP contribution in [-0.2, 0) is 9.59 Å². The maximum absolute atomic E-state index is 12.6. The van der Waals surface area contributed by atoms with E-state index < -0.39 is 0 Å². The highest BCUT2D eigenvalue weighted by atomic mass is 79.9. The van der Waals surface area contributed by atoms with Crippen molar-refractivity contribution in [2.45, 2.75) is 32.2 Å². The largest absolute Gasteiger partial charge is 0.292 e. The molecule has 2 aliphatic rings. The van der Waals surface area contributed by atoms with Crippen LogP contribution in [0.15, 0.2) is 28.7 Å². The number of hydrogen-bond acceptors (Lipinski definition) is 3. The molecule has 0 spiro atoms. The fourth-order valence-electron chi connectivity index (χ4n) is 3.10. The molecule has 0 bridgehead atoms. The van der Waals surface area contributed by atoms with Gasteiger partial charge in [-0.1, -0.05) is 22.9 Å². The zero-order valence-corrected chi connectivity index (χ0v) is 13.7. The van der Waals surface area contributed by atoms with Gasteiger partial charge in [0.2, 0.25) is 5.91 Å². The molecule has 1 aromatic carbocycles. The quantitative estimate of drug-likeness (QED) is 0.770. The number of amides is 2. The van der Waals surface area contributed by atoms with Crippen LogP contribution in [0.5, 0.6) is 0 Å². The Balaban J connectivity index is 1.77. The van der Waals surface area contributed by atoms with Crippen molar-refractivity contribution in [1.82, 2.24) is 4.90 Å². The summed E-state index contributed by atoms with van der Waals surface area (Å²) in [7, 11) is 0. The third-order valence-electron chi connectivity index (χ3n) is 4.47. The Hall–Kier alpha value is -1.20. The summed E-state index contributed by atoms with van der Waals surface area (Å²) in [5, 5.41) is 0. The SMILES string of the molecule is CC1CCN([C@@H]2CC(=O)N(c3ccc(Br)cc3)C2=O)CC1. The lowest BCUT2D eigenvalue weighted by Gasteiger charge is -2.33. The number of nitrogens with zero attached hydrogens (tertiary/aromatic N) is 2. The number of imide groups is 1. The molecule has 112 valence electrons. The monoisotopic (exact) mass is 350 g/mol. The first kappa shape index (κ1) is 14.7. The fourth-order valence-corrected chi connectivity index (χ4v) is 3.37. The minimum absolute atomic E-state index is 0.0723. The lowest BCUT2D eigenvalue weighted by atomic mass is 9.97. The van der Waals surface area contributed by atoms with Crippen molar-refractivity contribution in [2.24, 2.45) is 5.92 Å². The molecule has 2 amide bonds. The maximum atomic E-state index is 12.6. The number of piperidine rings is 1. The molecule has 2 saturated heterocycles. The first-order valence-corrected chi connectivity index (χ1v) is 8.22. The number of hydrogen-bond donors (Lipinski definition) is 0. The van der Waals surface area contributed by atoms with E-state index in [4.69, 9.17) is 0 Å². The molecule has 0 aliphatic carbocycles. The standard InChI is InChI=1S/C16H19BrN2O2/c1-11-6-8-18(9-7-11)14-10-15(20)19(16(14)21)13-4-2-12(17)3-5-13/h2-5,11,14H,6-10H2,1H3/t14-/m1/s1. The molecule has 2 heterocycles. The lowest BCUT2D eigenvalue weighted by Crippen LogP contribution is -2.45. The van der Waals surface area contributed by atoms with E-state index in [0.717, 1.165) is 36.3 Å². The molecule has 1 aromatic rings. The Morgan fingerprint density at radius 2 is 1.71 bits per heavy atom. The third-order valence-corrected chi connectivity index (χ3v) is 5.00. The minimum atomic E-state index is -0.270. The van der Waals surface area contributed by atoms with Crippen molar-refractivity contribution in [1.29, 1.82) is 0 Å². The Morgan fingerprint density at radius 3 is 2.33 bits per heavy atom. The van der Waals surface area contributed by atoms with Crippen LogP contribution < -0.4 is 4.90 Å². The summed E-state index contributed by atoms with van der Waals surface area (Å²) < 4.78 is 0.937. The average molecular weight is 351 g/mol. The number of benzene rings is 1. The molecule has 0 radical (unpaired) electrons. The van der Waals surface area contributed by atoms with Gasteiger partial charge in [-0.15, -0.1) is 0 Å². The van der Waals surface area contributed by atoms with Gasteiger partial charge in [-0.2, -0.15) is 0 Å². The number of likely N-dealkylation sites (tertiary alicyclic amines) is 1. The van der Waals surface area contributed by atoms with Gasteiger partial charge in [0.05, 0.1) is 18.2 Å². The average Bonchev–Trinajstić information content (AvgIpc) is 2.76. The van der Waals surface area contributed by atoms with Gasteiger partial charge in [-0.25, -0.2) is 4.90 Å². The van der Waals surface area contributed by atoms with Crippen molar-refractivity contribution >= 4 is 33.4 Å². The second kappa shape index (κ2) is 5.89. The highest BCUT2D eigenvalue weighted by Gasteiger charge is 2.43. The molecule has 0 N–H and O–H groups in total. The van der Waals surface area contributed by atoms with E-state index >= 15 is 0 Å². The number of carbonyl (C=O) groups excluding carboxylic acids is 2. The van der Waals surface area contributed by atoms with Crippen LogP contribution in [0.1, 0.15) is 26.2 Å². The zero-order valence-electron chi connectivity index (χ0n) is 12.1. The van der Waals surface area contributed by atoms with Gasteiger partial charge in [-0.3, -0.25) is 14.5 Å². The van der Waals surface area contributed by atoms with Crippen LogP contribution in [0, 0.1) is 5.92 Å². The third kappa shape index (κ3) is 2.90. The summed E-state index contributed by atoms with van der Waals surface area (Å²) in [6.07, 6.45) is 2.52. The van der Waals surface area contributed by atoms with Crippen molar-refractivity contribution < 1.29 is 9.59 Å². The summed E-state index contributed by atoms with van der Waals surface area (Å²) in [6, 6.07) is 7.05. The van der Waals surface area contributed by atoms with Gasteiger partial charge in [0.1, 0.15) is 0 Å². The number of anilines is 1. The Morgan fingerprint density at radius 1 is 1.10 bits per heavy atom. The van der Waals surface area contributed by atoms with E-state index in [0.29, 0.717) is 12.1 Å². The Kier molecular flexibility index (Phi) is 4.13. The number of halogens is 1. The normalized spacial score (nSPS) is 24.9. The highest BCUT2D eigenvalue weighted by molar-refractivity contribution is 9.10.